The Balaban J connectivity index is 2.54. The van der Waals surface area contributed by atoms with Gasteiger partial charge >= 0.3 is 0 Å². The van der Waals surface area contributed by atoms with E-state index in [0.717, 1.165) is 6.42 Å². The summed E-state index contributed by atoms with van der Waals surface area (Å²) in [6.07, 6.45) is 7.37. The van der Waals surface area contributed by atoms with Crippen LogP contribution in [0.25, 0.3) is 6.08 Å². The van der Waals surface area contributed by atoms with Crippen LogP contribution in [0.4, 0.5) is 0 Å². The van der Waals surface area contributed by atoms with Gasteiger partial charge in [0, 0.05) is 12.1 Å². The van der Waals surface area contributed by atoms with E-state index in [4.69, 9.17) is 0 Å². The van der Waals surface area contributed by atoms with E-state index in [2.05, 4.69) is 30.1 Å². The molecule has 0 amide bonds. The number of nitrogens with zero attached hydrogens (tertiary/aromatic N) is 1. The number of fused-ring (bicyclic) bond motifs is 1. The van der Waals surface area contributed by atoms with Crippen molar-refractivity contribution in [3.8, 4) is 0 Å². The fourth-order valence-corrected chi connectivity index (χ4v) is 1.49. The first kappa shape index (κ1) is 6.59. The summed E-state index contributed by atoms with van der Waals surface area (Å²) in [4.78, 5) is 4.35. The second kappa shape index (κ2) is 2.50. The molecule has 0 aromatic carbocycles. The van der Waals surface area contributed by atoms with Gasteiger partial charge in [-0.15, -0.1) is 0 Å². The molecule has 1 aliphatic rings. The highest BCUT2D eigenvalue weighted by Crippen LogP contribution is 2.26. The first-order valence-electron chi connectivity index (χ1n) is 3.99. The van der Waals surface area contributed by atoms with Gasteiger partial charge in [-0.1, -0.05) is 25.1 Å². The third-order valence-corrected chi connectivity index (χ3v) is 2.13. The predicted octanol–water partition coefficient (Wildman–Crippen LogP) is 2.60. The molecule has 1 atom stereocenters. The van der Waals surface area contributed by atoms with Crippen LogP contribution in [-0.4, -0.2) is 4.98 Å². The second-order valence-corrected chi connectivity index (χ2v) is 3.02. The van der Waals surface area contributed by atoms with Crippen molar-refractivity contribution >= 4 is 6.08 Å². The monoisotopic (exact) mass is 145 g/mol. The lowest BCUT2D eigenvalue weighted by molar-refractivity contribution is 0.739. The Bertz CT molecular complexity index is 289. The predicted molar refractivity (Wildman–Crippen MR) is 46.3 cm³/mol. The lowest BCUT2D eigenvalue weighted by Gasteiger charge is -2.15. The molecule has 1 heterocycles. The maximum atomic E-state index is 4.35. The van der Waals surface area contributed by atoms with Gasteiger partial charge in [-0.3, -0.25) is 4.98 Å². The molecule has 0 saturated heterocycles. The standard InChI is InChI=1S/C10H11N/c1-8-4-2-5-9-6-3-7-11-10(8)9/h2-3,5-8H,4H2,1H3. The molecule has 11 heavy (non-hydrogen) atoms. The lowest BCUT2D eigenvalue weighted by Crippen LogP contribution is -2.01. The van der Waals surface area contributed by atoms with E-state index in [0.29, 0.717) is 5.92 Å². The first-order chi connectivity index (χ1) is 5.38. The van der Waals surface area contributed by atoms with Crippen LogP contribution in [-0.2, 0) is 0 Å². The van der Waals surface area contributed by atoms with Gasteiger partial charge in [0.25, 0.3) is 0 Å². The Morgan fingerprint density at radius 3 is 3.27 bits per heavy atom. The molecule has 0 spiro atoms. The van der Waals surface area contributed by atoms with Gasteiger partial charge in [0.2, 0.25) is 0 Å². The summed E-state index contributed by atoms with van der Waals surface area (Å²) in [6.45, 7) is 2.22. The molecule has 1 aliphatic carbocycles. The molecule has 56 valence electrons. The Morgan fingerprint density at radius 1 is 1.55 bits per heavy atom. The molecule has 0 aliphatic heterocycles. The van der Waals surface area contributed by atoms with Crippen molar-refractivity contribution in [2.45, 2.75) is 19.3 Å². The van der Waals surface area contributed by atoms with Crippen LogP contribution < -0.4 is 0 Å². The molecule has 0 saturated carbocycles. The minimum Gasteiger partial charge on any atom is -0.260 e. The number of hydrogen-bond donors (Lipinski definition) is 0. The molecule has 0 N–H and O–H groups in total. The van der Waals surface area contributed by atoms with Crippen LogP contribution in [0.5, 0.6) is 0 Å². The topological polar surface area (TPSA) is 12.9 Å². The van der Waals surface area contributed by atoms with Gasteiger partial charge in [-0.2, -0.15) is 0 Å². The summed E-state index contributed by atoms with van der Waals surface area (Å²) in [6, 6.07) is 4.11. The summed E-state index contributed by atoms with van der Waals surface area (Å²) in [7, 11) is 0. The van der Waals surface area contributed by atoms with Gasteiger partial charge in [0.05, 0.1) is 5.69 Å². The minimum atomic E-state index is 0.594. The second-order valence-electron chi connectivity index (χ2n) is 3.02. The Morgan fingerprint density at radius 2 is 2.45 bits per heavy atom. The first-order valence-corrected chi connectivity index (χ1v) is 3.99. The molecule has 0 radical (unpaired) electrons. The van der Waals surface area contributed by atoms with E-state index in [1.807, 2.05) is 12.3 Å². The summed E-state index contributed by atoms with van der Waals surface area (Å²) in [5, 5.41) is 0. The van der Waals surface area contributed by atoms with Crippen molar-refractivity contribution in [2.75, 3.05) is 0 Å². The quantitative estimate of drug-likeness (QED) is 0.546. The van der Waals surface area contributed by atoms with E-state index in [1.54, 1.807) is 0 Å². The highest BCUT2D eigenvalue weighted by atomic mass is 14.7. The smallest absolute Gasteiger partial charge is 0.0506 e. The summed E-state index contributed by atoms with van der Waals surface area (Å²) in [5.74, 6) is 0.594. The number of aromatic nitrogens is 1. The third kappa shape index (κ3) is 1.07. The third-order valence-electron chi connectivity index (χ3n) is 2.13. The van der Waals surface area contributed by atoms with E-state index in [-0.39, 0.29) is 0 Å². The molecule has 1 heteroatoms. The van der Waals surface area contributed by atoms with Crippen molar-refractivity contribution in [3.63, 3.8) is 0 Å². The van der Waals surface area contributed by atoms with Crippen LogP contribution in [0, 0.1) is 0 Å². The minimum absolute atomic E-state index is 0.594. The summed E-state index contributed by atoms with van der Waals surface area (Å²) < 4.78 is 0. The zero-order valence-corrected chi connectivity index (χ0v) is 6.62. The van der Waals surface area contributed by atoms with Gasteiger partial charge in [-0.25, -0.2) is 0 Å². The normalized spacial score (nSPS) is 21.4. The molecular formula is C10H11N. The molecule has 1 nitrogen and oxygen atoms in total. The number of pyridine rings is 1. The highest BCUT2D eigenvalue weighted by Gasteiger charge is 2.11. The van der Waals surface area contributed by atoms with Gasteiger partial charge in [0.1, 0.15) is 0 Å². The molecule has 0 bridgehead atoms. The largest absolute Gasteiger partial charge is 0.260 e. The van der Waals surface area contributed by atoms with E-state index in [9.17, 15) is 0 Å². The zero-order chi connectivity index (χ0) is 7.68. The Kier molecular flexibility index (Phi) is 1.50. The average molecular weight is 145 g/mol. The fourth-order valence-electron chi connectivity index (χ4n) is 1.49. The van der Waals surface area contributed by atoms with Crippen molar-refractivity contribution < 1.29 is 0 Å². The summed E-state index contributed by atoms with van der Waals surface area (Å²) in [5.41, 5.74) is 2.53. The number of rotatable bonds is 0. The van der Waals surface area contributed by atoms with Crippen LogP contribution in [0.1, 0.15) is 30.5 Å². The van der Waals surface area contributed by atoms with Gasteiger partial charge in [-0.05, 0) is 18.1 Å². The lowest BCUT2D eigenvalue weighted by atomic mass is 9.93. The van der Waals surface area contributed by atoms with Crippen LogP contribution in [0.3, 0.4) is 0 Å². The van der Waals surface area contributed by atoms with E-state index >= 15 is 0 Å². The van der Waals surface area contributed by atoms with Crippen molar-refractivity contribution in [2.24, 2.45) is 0 Å². The summed E-state index contributed by atoms with van der Waals surface area (Å²) >= 11 is 0. The highest BCUT2D eigenvalue weighted by molar-refractivity contribution is 5.54. The van der Waals surface area contributed by atoms with Crippen LogP contribution in [0.2, 0.25) is 0 Å². The van der Waals surface area contributed by atoms with E-state index in [1.165, 1.54) is 11.3 Å². The van der Waals surface area contributed by atoms with Gasteiger partial charge in [0.15, 0.2) is 0 Å². The zero-order valence-electron chi connectivity index (χ0n) is 6.62. The van der Waals surface area contributed by atoms with Crippen molar-refractivity contribution in [1.29, 1.82) is 0 Å². The van der Waals surface area contributed by atoms with E-state index < -0.39 is 0 Å². The maximum absolute atomic E-state index is 4.35. The Labute approximate surface area is 66.8 Å². The Hall–Kier alpha value is -1.11. The molecule has 1 unspecified atom stereocenters. The molecule has 0 fully saturated rings. The van der Waals surface area contributed by atoms with Crippen molar-refractivity contribution in [3.05, 3.63) is 35.7 Å². The van der Waals surface area contributed by atoms with Crippen molar-refractivity contribution in [1.82, 2.24) is 4.98 Å². The number of allylic oxidation sites excluding steroid dienone is 1. The fraction of sp³-hybridized carbons (Fsp3) is 0.300. The SMILES string of the molecule is CC1CC=Cc2cccnc21. The van der Waals surface area contributed by atoms with Crippen LogP contribution >= 0.6 is 0 Å². The molecule has 2 rings (SSSR count). The average Bonchev–Trinajstić information content (AvgIpc) is 2.06. The maximum Gasteiger partial charge on any atom is 0.0506 e. The molecule has 1 aromatic heterocycles. The molecular weight excluding hydrogens is 134 g/mol. The van der Waals surface area contributed by atoms with Crippen LogP contribution in [0.15, 0.2) is 24.4 Å². The van der Waals surface area contributed by atoms with Gasteiger partial charge < -0.3 is 0 Å². The molecule has 1 aromatic rings. The number of hydrogen-bond acceptors (Lipinski definition) is 1.